The van der Waals surface area contributed by atoms with Gasteiger partial charge in [-0.25, -0.2) is 8.42 Å². The topological polar surface area (TPSA) is 96.0 Å². The number of hydrogen-bond donors (Lipinski definition) is 1. The Balaban J connectivity index is 2.48. The Hall–Kier alpha value is -2.78. The summed E-state index contributed by atoms with van der Waals surface area (Å²) in [6, 6.07) is 13.0. The standard InChI is InChI=1S/C25H34ClN3O5S/c1-6-18(3)27-25(31)21(7-2)28(16-19-11-9-8-10-12-19)24(30)17-29(35(5,32)33)22-15-20(26)13-14-23(22)34-4/h8-15,18,21H,6-7,16-17H2,1-5H3,(H,27,31)/t18-,21-/m1/s1. The highest BCUT2D eigenvalue weighted by Gasteiger charge is 2.33. The molecule has 1 N–H and O–H groups in total. The van der Waals surface area contributed by atoms with Crippen LogP contribution in [0.2, 0.25) is 5.02 Å². The van der Waals surface area contributed by atoms with Crippen LogP contribution in [0.25, 0.3) is 0 Å². The first-order valence-corrected chi connectivity index (χ1v) is 13.7. The van der Waals surface area contributed by atoms with Crippen molar-refractivity contribution in [1.82, 2.24) is 10.2 Å². The Morgan fingerprint density at radius 1 is 1.09 bits per heavy atom. The fourth-order valence-electron chi connectivity index (χ4n) is 3.59. The maximum Gasteiger partial charge on any atom is 0.244 e. The average Bonchev–Trinajstić information content (AvgIpc) is 2.82. The lowest BCUT2D eigenvalue weighted by Gasteiger charge is -2.33. The second kappa shape index (κ2) is 12.8. The zero-order valence-electron chi connectivity index (χ0n) is 20.8. The zero-order chi connectivity index (χ0) is 26.2. The van der Waals surface area contributed by atoms with Crippen LogP contribution in [-0.2, 0) is 26.2 Å². The summed E-state index contributed by atoms with van der Waals surface area (Å²) in [6.45, 7) is 5.30. The van der Waals surface area contributed by atoms with Gasteiger partial charge in [0.05, 0.1) is 19.1 Å². The number of anilines is 1. The number of halogens is 1. The predicted molar refractivity (Wildman–Crippen MR) is 139 cm³/mol. The van der Waals surface area contributed by atoms with Gasteiger partial charge in [-0.05, 0) is 43.5 Å². The highest BCUT2D eigenvalue weighted by atomic mass is 35.5. The van der Waals surface area contributed by atoms with Crippen LogP contribution in [0.1, 0.15) is 39.2 Å². The molecule has 0 heterocycles. The normalized spacial score (nSPS) is 13.0. The number of carbonyl (C=O) groups excluding carboxylic acids is 2. The Morgan fingerprint density at radius 2 is 1.74 bits per heavy atom. The molecule has 10 heteroatoms. The number of nitrogens with zero attached hydrogens (tertiary/aromatic N) is 2. The molecular weight excluding hydrogens is 490 g/mol. The molecule has 0 saturated heterocycles. The van der Waals surface area contributed by atoms with Gasteiger partial charge in [-0.15, -0.1) is 0 Å². The van der Waals surface area contributed by atoms with Gasteiger partial charge in [-0.3, -0.25) is 13.9 Å². The number of rotatable bonds is 12. The number of amides is 2. The molecule has 0 radical (unpaired) electrons. The second-order valence-corrected chi connectivity index (χ2v) is 10.7. The van der Waals surface area contributed by atoms with E-state index in [1.807, 2.05) is 51.1 Å². The van der Waals surface area contributed by atoms with E-state index >= 15 is 0 Å². The number of nitrogens with one attached hydrogen (secondary N) is 1. The van der Waals surface area contributed by atoms with E-state index in [0.29, 0.717) is 11.4 Å². The van der Waals surface area contributed by atoms with E-state index in [1.54, 1.807) is 6.07 Å². The van der Waals surface area contributed by atoms with Crippen molar-refractivity contribution >= 4 is 39.1 Å². The molecule has 0 unspecified atom stereocenters. The minimum absolute atomic E-state index is 0.0616. The molecule has 0 bridgehead atoms. The zero-order valence-corrected chi connectivity index (χ0v) is 22.4. The van der Waals surface area contributed by atoms with Crippen molar-refractivity contribution in [2.24, 2.45) is 0 Å². The van der Waals surface area contributed by atoms with Crippen molar-refractivity contribution in [3.63, 3.8) is 0 Å². The Kier molecular flexibility index (Phi) is 10.4. The fourth-order valence-corrected chi connectivity index (χ4v) is 4.60. The maximum absolute atomic E-state index is 13.7. The van der Waals surface area contributed by atoms with Gasteiger partial charge in [0.1, 0.15) is 18.3 Å². The molecular formula is C25H34ClN3O5S. The molecule has 0 spiro atoms. The molecule has 2 aromatic carbocycles. The number of hydrogen-bond acceptors (Lipinski definition) is 5. The van der Waals surface area contributed by atoms with Crippen molar-refractivity contribution in [3.8, 4) is 5.75 Å². The van der Waals surface area contributed by atoms with E-state index in [9.17, 15) is 18.0 Å². The van der Waals surface area contributed by atoms with Crippen LogP contribution in [-0.4, -0.2) is 57.1 Å². The molecule has 2 amide bonds. The summed E-state index contributed by atoms with van der Waals surface area (Å²) >= 11 is 6.13. The largest absolute Gasteiger partial charge is 0.495 e. The third-order valence-corrected chi connectivity index (χ3v) is 7.03. The Bertz CT molecular complexity index is 1110. The van der Waals surface area contributed by atoms with Gasteiger partial charge in [0.2, 0.25) is 21.8 Å². The third kappa shape index (κ3) is 7.86. The number of carbonyl (C=O) groups is 2. The first-order valence-electron chi connectivity index (χ1n) is 11.5. The molecule has 2 atom stereocenters. The summed E-state index contributed by atoms with van der Waals surface area (Å²) in [5, 5.41) is 3.23. The summed E-state index contributed by atoms with van der Waals surface area (Å²) in [5.74, 6) is -0.548. The molecule has 35 heavy (non-hydrogen) atoms. The molecule has 0 fully saturated rings. The highest BCUT2D eigenvalue weighted by Crippen LogP contribution is 2.33. The number of ether oxygens (including phenoxy) is 1. The summed E-state index contributed by atoms with van der Waals surface area (Å²) in [4.78, 5) is 28.2. The lowest BCUT2D eigenvalue weighted by molar-refractivity contribution is -0.140. The molecule has 2 rings (SSSR count). The van der Waals surface area contributed by atoms with Crippen molar-refractivity contribution in [3.05, 3.63) is 59.1 Å². The molecule has 0 aliphatic carbocycles. The molecule has 0 aromatic heterocycles. The third-order valence-electron chi connectivity index (χ3n) is 5.67. The average molecular weight is 524 g/mol. The Labute approximate surface area is 213 Å². The molecule has 0 aliphatic heterocycles. The van der Waals surface area contributed by atoms with E-state index in [1.165, 1.54) is 24.1 Å². The van der Waals surface area contributed by atoms with Gasteiger partial charge in [-0.2, -0.15) is 0 Å². The van der Waals surface area contributed by atoms with Crippen molar-refractivity contribution in [2.75, 3.05) is 24.2 Å². The first kappa shape index (κ1) is 28.5. The van der Waals surface area contributed by atoms with E-state index in [0.717, 1.165) is 22.5 Å². The highest BCUT2D eigenvalue weighted by molar-refractivity contribution is 7.92. The van der Waals surface area contributed by atoms with Crippen LogP contribution in [0.4, 0.5) is 5.69 Å². The number of benzene rings is 2. The molecule has 0 aliphatic rings. The van der Waals surface area contributed by atoms with Crippen LogP contribution in [0.15, 0.2) is 48.5 Å². The quantitative estimate of drug-likeness (QED) is 0.456. The van der Waals surface area contributed by atoms with Crippen LogP contribution in [0.5, 0.6) is 5.75 Å². The maximum atomic E-state index is 13.7. The monoisotopic (exact) mass is 523 g/mol. The summed E-state index contributed by atoms with van der Waals surface area (Å²) in [7, 11) is -2.49. The fraction of sp³-hybridized carbons (Fsp3) is 0.440. The van der Waals surface area contributed by atoms with Crippen LogP contribution >= 0.6 is 11.6 Å². The van der Waals surface area contributed by atoms with Gasteiger partial charge in [-0.1, -0.05) is 55.8 Å². The van der Waals surface area contributed by atoms with E-state index in [-0.39, 0.29) is 29.9 Å². The van der Waals surface area contributed by atoms with Gasteiger partial charge in [0, 0.05) is 17.6 Å². The van der Waals surface area contributed by atoms with Gasteiger partial charge in [0.25, 0.3) is 0 Å². The number of sulfonamides is 1. The minimum atomic E-state index is -3.90. The smallest absolute Gasteiger partial charge is 0.244 e. The summed E-state index contributed by atoms with van der Waals surface area (Å²) in [6.07, 6.45) is 2.11. The van der Waals surface area contributed by atoms with Crippen molar-refractivity contribution in [2.45, 2.75) is 52.2 Å². The first-order chi connectivity index (χ1) is 16.5. The van der Waals surface area contributed by atoms with Gasteiger partial charge in [0.15, 0.2) is 0 Å². The minimum Gasteiger partial charge on any atom is -0.495 e. The molecule has 0 saturated carbocycles. The SMILES string of the molecule is CC[C@@H](C)NC(=O)[C@@H](CC)N(Cc1ccccc1)C(=O)CN(c1cc(Cl)ccc1OC)S(C)(=O)=O. The van der Waals surface area contributed by atoms with Gasteiger partial charge >= 0.3 is 0 Å². The molecule has 2 aromatic rings. The lowest BCUT2D eigenvalue weighted by atomic mass is 10.1. The lowest BCUT2D eigenvalue weighted by Crippen LogP contribution is -2.53. The Morgan fingerprint density at radius 3 is 2.29 bits per heavy atom. The second-order valence-electron chi connectivity index (χ2n) is 8.33. The van der Waals surface area contributed by atoms with Crippen molar-refractivity contribution < 1.29 is 22.7 Å². The van der Waals surface area contributed by atoms with E-state index < -0.39 is 28.5 Å². The van der Waals surface area contributed by atoms with E-state index in [2.05, 4.69) is 5.32 Å². The van der Waals surface area contributed by atoms with Crippen LogP contribution in [0, 0.1) is 0 Å². The van der Waals surface area contributed by atoms with Gasteiger partial charge < -0.3 is 15.0 Å². The van der Waals surface area contributed by atoms with E-state index in [4.69, 9.17) is 16.3 Å². The van der Waals surface area contributed by atoms with Crippen molar-refractivity contribution in [1.29, 1.82) is 0 Å². The van der Waals surface area contributed by atoms with Crippen LogP contribution < -0.4 is 14.4 Å². The molecule has 8 nitrogen and oxygen atoms in total. The summed E-state index contributed by atoms with van der Waals surface area (Å²) < 4.78 is 31.8. The van der Waals surface area contributed by atoms with Crippen LogP contribution in [0.3, 0.4) is 0 Å². The predicted octanol–water partition coefficient (Wildman–Crippen LogP) is 3.84. The number of methoxy groups -OCH3 is 1. The summed E-state index contributed by atoms with van der Waals surface area (Å²) in [5.41, 5.74) is 0.967. The molecule has 192 valence electrons.